The van der Waals surface area contributed by atoms with Crippen LogP contribution in [-0.2, 0) is 6.42 Å². The molecule has 3 heteroatoms. The van der Waals surface area contributed by atoms with Gasteiger partial charge in [0.15, 0.2) is 0 Å². The van der Waals surface area contributed by atoms with E-state index in [2.05, 4.69) is 48.4 Å². The largest absolute Gasteiger partial charge is 0.320 e. The molecule has 1 heterocycles. The lowest BCUT2D eigenvalue weighted by atomic mass is 10.2. The molecule has 0 fully saturated rings. The highest BCUT2D eigenvalue weighted by Crippen LogP contribution is 2.28. The first kappa shape index (κ1) is 13.2. The van der Waals surface area contributed by atoms with Crippen molar-refractivity contribution in [1.82, 2.24) is 10.3 Å². The molecule has 1 aromatic heterocycles. The summed E-state index contributed by atoms with van der Waals surface area (Å²) >= 11 is 1.83. The molecule has 1 aromatic carbocycles. The maximum Gasteiger partial charge on any atom is 0.123 e. The van der Waals surface area contributed by atoms with Gasteiger partial charge < -0.3 is 5.32 Å². The fourth-order valence-electron chi connectivity index (χ4n) is 1.91. The summed E-state index contributed by atoms with van der Waals surface area (Å²) < 4.78 is 0. The fraction of sp³-hybridized carbons (Fsp3) is 0.400. The zero-order chi connectivity index (χ0) is 13.0. The average molecular weight is 260 g/mol. The van der Waals surface area contributed by atoms with Crippen LogP contribution in [0.2, 0.25) is 0 Å². The summed E-state index contributed by atoms with van der Waals surface area (Å²) in [7, 11) is 2.00. The van der Waals surface area contributed by atoms with Crippen LogP contribution in [-0.4, -0.2) is 18.6 Å². The van der Waals surface area contributed by atoms with Gasteiger partial charge in [0.25, 0.3) is 0 Å². The number of nitrogens with zero attached hydrogens (tertiary/aromatic N) is 1. The number of rotatable bonds is 5. The average Bonchev–Trinajstić information content (AvgIpc) is 2.72. The first-order chi connectivity index (χ1) is 8.70. The Morgan fingerprint density at radius 2 is 1.89 bits per heavy atom. The van der Waals surface area contributed by atoms with E-state index < -0.39 is 0 Å². The van der Waals surface area contributed by atoms with Gasteiger partial charge in [0.1, 0.15) is 5.01 Å². The van der Waals surface area contributed by atoms with Crippen LogP contribution in [0, 0.1) is 13.8 Å². The Morgan fingerprint density at radius 3 is 2.56 bits per heavy atom. The molecule has 2 rings (SSSR count). The van der Waals surface area contributed by atoms with Gasteiger partial charge >= 0.3 is 0 Å². The number of hydrogen-bond acceptors (Lipinski definition) is 3. The molecule has 0 aliphatic carbocycles. The van der Waals surface area contributed by atoms with Gasteiger partial charge in [0.05, 0.1) is 5.69 Å². The quantitative estimate of drug-likeness (QED) is 0.831. The highest BCUT2D eigenvalue weighted by Gasteiger charge is 2.08. The monoisotopic (exact) mass is 260 g/mol. The SMILES string of the molecule is CNCCCc1sc(-c2ccc(C)cc2)nc1C. The summed E-state index contributed by atoms with van der Waals surface area (Å²) in [5.41, 5.74) is 3.71. The lowest BCUT2D eigenvalue weighted by molar-refractivity contribution is 0.727. The van der Waals surface area contributed by atoms with E-state index in [1.165, 1.54) is 28.1 Å². The lowest BCUT2D eigenvalue weighted by Crippen LogP contribution is -2.08. The maximum atomic E-state index is 4.69. The Hall–Kier alpha value is -1.19. The Balaban J connectivity index is 2.15. The number of hydrogen-bond donors (Lipinski definition) is 1. The minimum Gasteiger partial charge on any atom is -0.320 e. The van der Waals surface area contributed by atoms with Crippen LogP contribution in [0.25, 0.3) is 10.6 Å². The van der Waals surface area contributed by atoms with Crippen LogP contribution < -0.4 is 5.32 Å². The molecule has 0 saturated heterocycles. The first-order valence-electron chi connectivity index (χ1n) is 6.38. The van der Waals surface area contributed by atoms with E-state index in [1.807, 2.05) is 18.4 Å². The van der Waals surface area contributed by atoms with E-state index in [4.69, 9.17) is 0 Å². The van der Waals surface area contributed by atoms with Crippen molar-refractivity contribution in [3.05, 3.63) is 40.4 Å². The highest BCUT2D eigenvalue weighted by atomic mass is 32.1. The van der Waals surface area contributed by atoms with E-state index in [0.29, 0.717) is 0 Å². The molecule has 18 heavy (non-hydrogen) atoms. The third-order valence-electron chi connectivity index (χ3n) is 3.02. The highest BCUT2D eigenvalue weighted by molar-refractivity contribution is 7.15. The Bertz CT molecular complexity index is 500. The summed E-state index contributed by atoms with van der Waals surface area (Å²) in [5.74, 6) is 0. The van der Waals surface area contributed by atoms with Crippen molar-refractivity contribution in [1.29, 1.82) is 0 Å². The van der Waals surface area contributed by atoms with Crippen molar-refractivity contribution >= 4 is 11.3 Å². The van der Waals surface area contributed by atoms with Gasteiger partial charge in [-0.1, -0.05) is 29.8 Å². The van der Waals surface area contributed by atoms with Crippen LogP contribution in [0.3, 0.4) is 0 Å². The first-order valence-corrected chi connectivity index (χ1v) is 7.20. The second-order valence-electron chi connectivity index (χ2n) is 4.60. The predicted octanol–water partition coefficient (Wildman–Crippen LogP) is 3.58. The molecule has 2 aromatic rings. The molecule has 0 spiro atoms. The van der Waals surface area contributed by atoms with E-state index in [0.717, 1.165) is 18.0 Å². The molecular formula is C15H20N2S. The van der Waals surface area contributed by atoms with E-state index in [9.17, 15) is 0 Å². The molecule has 0 aliphatic heterocycles. The molecule has 0 bridgehead atoms. The molecule has 2 nitrogen and oxygen atoms in total. The van der Waals surface area contributed by atoms with E-state index in [1.54, 1.807) is 0 Å². The molecule has 1 N–H and O–H groups in total. The third-order valence-corrected chi connectivity index (χ3v) is 4.29. The Labute approximate surface area is 113 Å². The van der Waals surface area contributed by atoms with Gasteiger partial charge in [0.2, 0.25) is 0 Å². The molecule has 0 atom stereocenters. The minimum absolute atomic E-state index is 1.07. The molecule has 0 amide bonds. The molecule has 0 aliphatic rings. The molecular weight excluding hydrogens is 240 g/mol. The van der Waals surface area contributed by atoms with Crippen molar-refractivity contribution in [3.8, 4) is 10.6 Å². The van der Waals surface area contributed by atoms with E-state index >= 15 is 0 Å². The topological polar surface area (TPSA) is 24.9 Å². The molecule has 0 unspecified atom stereocenters. The summed E-state index contributed by atoms with van der Waals surface area (Å²) in [6.45, 7) is 5.29. The van der Waals surface area contributed by atoms with Crippen LogP contribution in [0.15, 0.2) is 24.3 Å². The minimum atomic E-state index is 1.07. The fourth-order valence-corrected chi connectivity index (χ4v) is 3.01. The van der Waals surface area contributed by atoms with Crippen LogP contribution in [0.4, 0.5) is 0 Å². The van der Waals surface area contributed by atoms with Gasteiger partial charge in [0, 0.05) is 10.4 Å². The molecule has 0 radical (unpaired) electrons. The predicted molar refractivity (Wildman–Crippen MR) is 79.3 cm³/mol. The summed E-state index contributed by atoms with van der Waals surface area (Å²) in [5, 5.41) is 4.33. The summed E-state index contributed by atoms with van der Waals surface area (Å²) in [6, 6.07) is 8.61. The number of benzene rings is 1. The second-order valence-corrected chi connectivity index (χ2v) is 5.68. The van der Waals surface area contributed by atoms with Crippen LogP contribution in [0.1, 0.15) is 22.6 Å². The summed E-state index contributed by atoms with van der Waals surface area (Å²) in [4.78, 5) is 6.10. The Kier molecular flexibility index (Phi) is 4.50. The number of aryl methyl sites for hydroxylation is 3. The normalized spacial score (nSPS) is 10.8. The van der Waals surface area contributed by atoms with Gasteiger partial charge in [-0.05, 0) is 40.3 Å². The zero-order valence-electron chi connectivity index (χ0n) is 11.3. The van der Waals surface area contributed by atoms with Crippen molar-refractivity contribution in [3.63, 3.8) is 0 Å². The van der Waals surface area contributed by atoms with Crippen LogP contribution in [0.5, 0.6) is 0 Å². The van der Waals surface area contributed by atoms with E-state index in [-0.39, 0.29) is 0 Å². The zero-order valence-corrected chi connectivity index (χ0v) is 12.1. The third kappa shape index (κ3) is 3.18. The van der Waals surface area contributed by atoms with Gasteiger partial charge in [-0.15, -0.1) is 11.3 Å². The second kappa shape index (κ2) is 6.12. The lowest BCUT2D eigenvalue weighted by Gasteiger charge is -1.98. The smallest absolute Gasteiger partial charge is 0.123 e. The number of thiazole rings is 1. The van der Waals surface area contributed by atoms with Crippen molar-refractivity contribution in [2.24, 2.45) is 0 Å². The molecule has 0 saturated carbocycles. The molecule has 96 valence electrons. The Morgan fingerprint density at radius 1 is 1.17 bits per heavy atom. The standard InChI is InChI=1S/C15H20N2S/c1-11-6-8-13(9-7-11)15-17-12(2)14(18-15)5-4-10-16-3/h6-9,16H,4-5,10H2,1-3H3. The van der Waals surface area contributed by atoms with Crippen molar-refractivity contribution < 1.29 is 0 Å². The van der Waals surface area contributed by atoms with Crippen molar-refractivity contribution in [2.45, 2.75) is 26.7 Å². The number of nitrogens with one attached hydrogen (secondary N) is 1. The summed E-state index contributed by atoms with van der Waals surface area (Å²) in [6.07, 6.45) is 2.29. The number of aromatic nitrogens is 1. The van der Waals surface area contributed by atoms with Gasteiger partial charge in [-0.2, -0.15) is 0 Å². The van der Waals surface area contributed by atoms with Gasteiger partial charge in [-0.25, -0.2) is 4.98 Å². The van der Waals surface area contributed by atoms with Crippen molar-refractivity contribution in [2.75, 3.05) is 13.6 Å². The maximum absolute atomic E-state index is 4.69. The van der Waals surface area contributed by atoms with Gasteiger partial charge in [-0.3, -0.25) is 0 Å². The van der Waals surface area contributed by atoms with Crippen LogP contribution >= 0.6 is 11.3 Å².